The summed E-state index contributed by atoms with van der Waals surface area (Å²) in [6.45, 7) is 6.93. The van der Waals surface area contributed by atoms with Crippen LogP contribution < -0.4 is 5.32 Å². The van der Waals surface area contributed by atoms with Crippen LogP contribution in [-0.2, 0) is 16.1 Å². The third-order valence-electron chi connectivity index (χ3n) is 2.88. The van der Waals surface area contributed by atoms with E-state index in [1.165, 1.54) is 5.56 Å². The van der Waals surface area contributed by atoms with Crippen LogP contribution in [0, 0.1) is 5.92 Å². The van der Waals surface area contributed by atoms with Gasteiger partial charge < -0.3 is 10.1 Å². The number of carbonyl (C=O) groups excluding carboxylic acids is 1. The zero-order valence-electron chi connectivity index (χ0n) is 10.8. The summed E-state index contributed by atoms with van der Waals surface area (Å²) in [5, 5.41) is 3.34. The number of esters is 1. The first kappa shape index (κ1) is 13.7. The van der Waals surface area contributed by atoms with Gasteiger partial charge in [-0.25, -0.2) is 0 Å². The minimum absolute atomic E-state index is 0.106. The van der Waals surface area contributed by atoms with Crippen molar-refractivity contribution in [1.29, 1.82) is 0 Å². The normalized spacial score (nSPS) is 14.1. The topological polar surface area (TPSA) is 38.3 Å². The van der Waals surface area contributed by atoms with Crippen LogP contribution in [0.3, 0.4) is 0 Å². The van der Waals surface area contributed by atoms with Gasteiger partial charge in [-0.2, -0.15) is 0 Å². The van der Waals surface area contributed by atoms with Crippen molar-refractivity contribution < 1.29 is 9.53 Å². The Bertz CT molecular complexity index is 337. The van der Waals surface area contributed by atoms with Gasteiger partial charge in [0.2, 0.25) is 0 Å². The van der Waals surface area contributed by atoms with Crippen molar-refractivity contribution in [3.05, 3.63) is 35.9 Å². The molecule has 94 valence electrons. The second kappa shape index (κ2) is 7.07. The summed E-state index contributed by atoms with van der Waals surface area (Å²) in [7, 11) is 0. The lowest BCUT2D eigenvalue weighted by Crippen LogP contribution is -2.36. The average molecular weight is 235 g/mol. The fourth-order valence-corrected chi connectivity index (χ4v) is 1.53. The first-order valence-corrected chi connectivity index (χ1v) is 6.09. The number of hydrogen-bond acceptors (Lipinski definition) is 3. The molecule has 0 saturated heterocycles. The average Bonchev–Trinajstić information content (AvgIpc) is 2.36. The summed E-state index contributed by atoms with van der Waals surface area (Å²) in [6.07, 6.45) is 0. The van der Waals surface area contributed by atoms with Crippen molar-refractivity contribution in [3.8, 4) is 0 Å². The highest BCUT2D eigenvalue weighted by Crippen LogP contribution is 2.07. The molecule has 0 radical (unpaired) electrons. The van der Waals surface area contributed by atoms with Gasteiger partial charge in [0.1, 0.15) is 0 Å². The Morgan fingerprint density at radius 1 is 1.29 bits per heavy atom. The summed E-state index contributed by atoms with van der Waals surface area (Å²) in [6, 6.07) is 10.2. The lowest BCUT2D eigenvalue weighted by Gasteiger charge is -2.19. The van der Waals surface area contributed by atoms with Gasteiger partial charge in [0.25, 0.3) is 0 Å². The number of ether oxygens (including phenoxy) is 1. The minimum atomic E-state index is -0.138. The van der Waals surface area contributed by atoms with Gasteiger partial charge in [-0.15, -0.1) is 0 Å². The fourth-order valence-electron chi connectivity index (χ4n) is 1.53. The molecule has 0 bridgehead atoms. The summed E-state index contributed by atoms with van der Waals surface area (Å²) < 4.78 is 5.00. The van der Waals surface area contributed by atoms with E-state index in [9.17, 15) is 4.79 Å². The molecular formula is C14H21NO2. The molecule has 2 unspecified atom stereocenters. The van der Waals surface area contributed by atoms with Crippen molar-refractivity contribution >= 4 is 5.97 Å². The van der Waals surface area contributed by atoms with E-state index < -0.39 is 0 Å². The summed E-state index contributed by atoms with van der Waals surface area (Å²) in [5.41, 5.74) is 1.22. The molecule has 1 aromatic rings. The van der Waals surface area contributed by atoms with Crippen LogP contribution in [0.2, 0.25) is 0 Å². The van der Waals surface area contributed by atoms with Gasteiger partial charge in [-0.3, -0.25) is 4.79 Å². The number of nitrogens with one attached hydrogen (secondary N) is 1. The maximum atomic E-state index is 11.5. The lowest BCUT2D eigenvalue weighted by atomic mass is 10.0. The molecule has 1 rings (SSSR count). The third kappa shape index (κ3) is 4.57. The molecule has 0 amide bonds. The molecule has 3 nitrogen and oxygen atoms in total. The van der Waals surface area contributed by atoms with Crippen LogP contribution in [0.5, 0.6) is 0 Å². The Labute approximate surface area is 103 Å². The van der Waals surface area contributed by atoms with Crippen molar-refractivity contribution in [2.45, 2.75) is 33.4 Å². The van der Waals surface area contributed by atoms with Crippen molar-refractivity contribution in [1.82, 2.24) is 5.32 Å². The van der Waals surface area contributed by atoms with Crippen LogP contribution in [0.15, 0.2) is 30.3 Å². The van der Waals surface area contributed by atoms with E-state index in [1.54, 1.807) is 0 Å². The Kier molecular flexibility index (Phi) is 5.70. The van der Waals surface area contributed by atoms with Crippen LogP contribution in [0.4, 0.5) is 0 Å². The van der Waals surface area contributed by atoms with Crippen LogP contribution >= 0.6 is 0 Å². The quantitative estimate of drug-likeness (QED) is 0.769. The molecule has 0 aliphatic carbocycles. The van der Waals surface area contributed by atoms with Crippen LogP contribution in [-0.4, -0.2) is 18.6 Å². The van der Waals surface area contributed by atoms with Gasteiger partial charge in [-0.05, 0) is 19.4 Å². The molecule has 1 N–H and O–H groups in total. The van der Waals surface area contributed by atoms with Gasteiger partial charge in [0.15, 0.2) is 0 Å². The Hall–Kier alpha value is -1.35. The number of carbonyl (C=O) groups is 1. The molecule has 0 fully saturated rings. The van der Waals surface area contributed by atoms with Gasteiger partial charge in [0, 0.05) is 12.6 Å². The lowest BCUT2D eigenvalue weighted by molar-refractivity contribution is -0.148. The van der Waals surface area contributed by atoms with Crippen LogP contribution in [0.25, 0.3) is 0 Å². The molecule has 0 aliphatic heterocycles. The highest BCUT2D eigenvalue weighted by Gasteiger charge is 2.20. The highest BCUT2D eigenvalue weighted by molar-refractivity contribution is 5.72. The highest BCUT2D eigenvalue weighted by atomic mass is 16.5. The zero-order chi connectivity index (χ0) is 12.7. The van der Waals surface area contributed by atoms with Crippen molar-refractivity contribution in [2.75, 3.05) is 6.61 Å². The molecule has 0 aliphatic rings. The van der Waals surface area contributed by atoms with Crippen molar-refractivity contribution in [3.63, 3.8) is 0 Å². The summed E-state index contributed by atoms with van der Waals surface area (Å²) in [4.78, 5) is 11.5. The third-order valence-corrected chi connectivity index (χ3v) is 2.88. The van der Waals surface area contributed by atoms with Crippen molar-refractivity contribution in [2.24, 2.45) is 5.92 Å². The molecule has 0 saturated carbocycles. The molecule has 3 heteroatoms. The largest absolute Gasteiger partial charge is 0.466 e. The smallest absolute Gasteiger partial charge is 0.310 e. The predicted molar refractivity (Wildman–Crippen MR) is 68.5 cm³/mol. The first-order chi connectivity index (χ1) is 8.15. The molecule has 0 aromatic heterocycles. The van der Waals surface area contributed by atoms with E-state index in [0.717, 1.165) is 6.54 Å². The maximum absolute atomic E-state index is 11.5. The van der Waals surface area contributed by atoms with E-state index in [0.29, 0.717) is 6.61 Å². The number of rotatable bonds is 6. The molecular weight excluding hydrogens is 214 g/mol. The SMILES string of the molecule is CCOC(=O)C(C)C(C)NCc1ccccc1. The molecule has 0 heterocycles. The Morgan fingerprint density at radius 2 is 1.94 bits per heavy atom. The number of benzene rings is 1. The van der Waals surface area contributed by atoms with Gasteiger partial charge in [0.05, 0.1) is 12.5 Å². The predicted octanol–water partition coefficient (Wildman–Crippen LogP) is 2.36. The second-order valence-corrected chi connectivity index (χ2v) is 4.20. The van der Waals surface area contributed by atoms with E-state index in [-0.39, 0.29) is 17.9 Å². The first-order valence-electron chi connectivity index (χ1n) is 6.09. The minimum Gasteiger partial charge on any atom is -0.466 e. The van der Waals surface area contributed by atoms with E-state index in [1.807, 2.05) is 39.0 Å². The van der Waals surface area contributed by atoms with Gasteiger partial charge in [-0.1, -0.05) is 37.3 Å². The van der Waals surface area contributed by atoms with E-state index >= 15 is 0 Å². The zero-order valence-corrected chi connectivity index (χ0v) is 10.8. The van der Waals surface area contributed by atoms with E-state index in [4.69, 9.17) is 4.74 Å². The summed E-state index contributed by atoms with van der Waals surface area (Å²) >= 11 is 0. The summed E-state index contributed by atoms with van der Waals surface area (Å²) in [5.74, 6) is -0.265. The maximum Gasteiger partial charge on any atom is 0.310 e. The fraction of sp³-hybridized carbons (Fsp3) is 0.500. The van der Waals surface area contributed by atoms with Crippen LogP contribution in [0.1, 0.15) is 26.3 Å². The van der Waals surface area contributed by atoms with Gasteiger partial charge >= 0.3 is 5.97 Å². The Morgan fingerprint density at radius 3 is 2.53 bits per heavy atom. The molecule has 1 aromatic carbocycles. The molecule has 0 spiro atoms. The molecule has 17 heavy (non-hydrogen) atoms. The monoisotopic (exact) mass is 235 g/mol. The number of hydrogen-bond donors (Lipinski definition) is 1. The van der Waals surface area contributed by atoms with E-state index in [2.05, 4.69) is 17.4 Å². The Balaban J connectivity index is 2.39. The molecule has 2 atom stereocenters. The second-order valence-electron chi connectivity index (χ2n) is 4.20. The standard InChI is InChI=1S/C14H21NO2/c1-4-17-14(16)11(2)12(3)15-10-13-8-6-5-7-9-13/h5-9,11-12,15H,4,10H2,1-3H3.